The number of hydrogen-bond acceptors (Lipinski definition) is 2. The van der Waals surface area contributed by atoms with E-state index in [4.69, 9.17) is 9.16 Å². The highest BCUT2D eigenvalue weighted by Gasteiger charge is 2.21. The van der Waals surface area contributed by atoms with E-state index < -0.39 is 9.76 Å². The van der Waals surface area contributed by atoms with E-state index in [1.807, 2.05) is 24.3 Å². The van der Waals surface area contributed by atoms with Crippen molar-refractivity contribution in [3.63, 3.8) is 0 Å². The zero-order valence-corrected chi connectivity index (χ0v) is 16.0. The Morgan fingerprint density at radius 1 is 0.917 bits per heavy atom. The molecule has 2 aromatic rings. The van der Waals surface area contributed by atoms with Gasteiger partial charge in [0.15, 0.2) is 9.76 Å². The molecular weight excluding hydrogens is 312 g/mol. The van der Waals surface area contributed by atoms with Gasteiger partial charge in [0.05, 0.1) is 12.7 Å². The standard InChI is InChI=1S/C21H26O2Si/c1-5-15-21(3,16-6-2)23-24-20-13-9-18(10-14-20)17-7-11-19(22-4)12-8-17/h5-14H,1-2,15-16,24H2,3-4H3. The summed E-state index contributed by atoms with van der Waals surface area (Å²) >= 11 is 0. The molecule has 126 valence electrons. The lowest BCUT2D eigenvalue weighted by Crippen LogP contribution is -2.33. The van der Waals surface area contributed by atoms with Crippen LogP contribution in [0.5, 0.6) is 5.75 Å². The van der Waals surface area contributed by atoms with Crippen LogP contribution in [0.3, 0.4) is 0 Å². The molecule has 2 nitrogen and oxygen atoms in total. The summed E-state index contributed by atoms with van der Waals surface area (Å²) in [5.41, 5.74) is 2.22. The number of benzene rings is 2. The van der Waals surface area contributed by atoms with Crippen LogP contribution in [0.4, 0.5) is 0 Å². The van der Waals surface area contributed by atoms with Gasteiger partial charge in [0.1, 0.15) is 5.75 Å². The first-order valence-corrected chi connectivity index (χ1v) is 9.48. The van der Waals surface area contributed by atoms with Crippen molar-refractivity contribution in [2.75, 3.05) is 7.11 Å². The molecule has 0 fully saturated rings. The summed E-state index contributed by atoms with van der Waals surface area (Å²) in [6, 6.07) is 16.8. The molecule has 2 aromatic carbocycles. The fourth-order valence-electron chi connectivity index (χ4n) is 2.65. The van der Waals surface area contributed by atoms with Gasteiger partial charge in [-0.25, -0.2) is 0 Å². The van der Waals surface area contributed by atoms with Gasteiger partial charge in [0.2, 0.25) is 0 Å². The van der Waals surface area contributed by atoms with Gasteiger partial charge in [0.25, 0.3) is 0 Å². The van der Waals surface area contributed by atoms with Crippen LogP contribution in [0.2, 0.25) is 0 Å². The van der Waals surface area contributed by atoms with Crippen LogP contribution in [0.25, 0.3) is 11.1 Å². The molecule has 0 spiro atoms. The molecule has 2 rings (SSSR count). The van der Waals surface area contributed by atoms with E-state index in [0.29, 0.717) is 0 Å². The highest BCUT2D eigenvalue weighted by molar-refractivity contribution is 6.47. The molecule has 0 saturated carbocycles. The van der Waals surface area contributed by atoms with E-state index in [2.05, 4.69) is 56.5 Å². The molecule has 0 aliphatic heterocycles. The molecule has 0 aromatic heterocycles. The summed E-state index contributed by atoms with van der Waals surface area (Å²) in [6.07, 6.45) is 5.53. The van der Waals surface area contributed by atoms with Gasteiger partial charge in [-0.15, -0.1) is 13.2 Å². The zero-order chi connectivity index (χ0) is 17.4. The second kappa shape index (κ2) is 8.67. The number of hydrogen-bond donors (Lipinski definition) is 0. The molecular formula is C21H26O2Si. The van der Waals surface area contributed by atoms with Crippen LogP contribution < -0.4 is 9.92 Å². The Morgan fingerprint density at radius 3 is 1.88 bits per heavy atom. The molecule has 0 radical (unpaired) electrons. The third-order valence-electron chi connectivity index (χ3n) is 4.12. The summed E-state index contributed by atoms with van der Waals surface area (Å²) in [4.78, 5) is 0. The molecule has 24 heavy (non-hydrogen) atoms. The molecule has 0 saturated heterocycles. The van der Waals surface area contributed by atoms with Crippen molar-refractivity contribution >= 4 is 14.9 Å². The predicted octanol–water partition coefficient (Wildman–Crippen LogP) is 4.00. The van der Waals surface area contributed by atoms with Crippen LogP contribution in [-0.2, 0) is 4.43 Å². The van der Waals surface area contributed by atoms with Gasteiger partial charge in [-0.05, 0) is 48.2 Å². The van der Waals surface area contributed by atoms with E-state index in [0.717, 1.165) is 18.6 Å². The van der Waals surface area contributed by atoms with Crippen molar-refractivity contribution in [2.24, 2.45) is 0 Å². The fraction of sp³-hybridized carbons (Fsp3) is 0.238. The summed E-state index contributed by atoms with van der Waals surface area (Å²) in [7, 11) is 0.904. The van der Waals surface area contributed by atoms with Gasteiger partial charge in [0, 0.05) is 0 Å². The largest absolute Gasteiger partial charge is 0.497 e. The highest BCUT2D eigenvalue weighted by Crippen LogP contribution is 2.22. The van der Waals surface area contributed by atoms with Crippen molar-refractivity contribution < 1.29 is 9.16 Å². The maximum atomic E-state index is 6.25. The van der Waals surface area contributed by atoms with Crippen LogP contribution in [-0.4, -0.2) is 22.5 Å². The van der Waals surface area contributed by atoms with Crippen molar-refractivity contribution in [3.8, 4) is 16.9 Å². The molecule has 0 N–H and O–H groups in total. The molecule has 0 atom stereocenters. The SMILES string of the molecule is C=CCC(C)(CC=C)O[SiH2]c1ccc(-c2ccc(OC)cc2)cc1. The van der Waals surface area contributed by atoms with Crippen molar-refractivity contribution in [1.82, 2.24) is 0 Å². The minimum absolute atomic E-state index is 0.176. The molecule has 0 heterocycles. The summed E-state index contributed by atoms with van der Waals surface area (Å²) < 4.78 is 11.5. The van der Waals surface area contributed by atoms with E-state index in [1.165, 1.54) is 16.3 Å². The minimum atomic E-state index is -0.778. The number of ether oxygens (including phenoxy) is 1. The van der Waals surface area contributed by atoms with Gasteiger partial charge in [-0.3, -0.25) is 0 Å². The van der Waals surface area contributed by atoms with E-state index >= 15 is 0 Å². The Labute approximate surface area is 147 Å². The maximum Gasteiger partial charge on any atom is 0.193 e. The summed E-state index contributed by atoms with van der Waals surface area (Å²) in [5, 5.41) is 1.30. The third-order valence-corrected chi connectivity index (χ3v) is 5.76. The monoisotopic (exact) mass is 338 g/mol. The summed E-state index contributed by atoms with van der Waals surface area (Å²) in [6.45, 7) is 9.80. The van der Waals surface area contributed by atoms with Gasteiger partial charge < -0.3 is 9.16 Å². The predicted molar refractivity (Wildman–Crippen MR) is 106 cm³/mol. The zero-order valence-electron chi connectivity index (χ0n) is 14.6. The third kappa shape index (κ3) is 4.95. The van der Waals surface area contributed by atoms with Gasteiger partial charge in [-0.2, -0.15) is 0 Å². The molecule has 0 amide bonds. The Bertz CT molecular complexity index is 649. The number of rotatable bonds is 9. The topological polar surface area (TPSA) is 18.5 Å². The Hall–Kier alpha value is -2.10. The van der Waals surface area contributed by atoms with Gasteiger partial charge >= 0.3 is 0 Å². The first-order valence-electron chi connectivity index (χ1n) is 8.19. The van der Waals surface area contributed by atoms with E-state index in [1.54, 1.807) is 7.11 Å². The van der Waals surface area contributed by atoms with Crippen LogP contribution >= 0.6 is 0 Å². The maximum absolute atomic E-state index is 6.25. The Morgan fingerprint density at radius 2 is 1.42 bits per heavy atom. The Kier molecular flexibility index (Phi) is 6.59. The molecule has 3 heteroatoms. The first-order chi connectivity index (χ1) is 11.6. The van der Waals surface area contributed by atoms with Crippen LogP contribution in [0.15, 0.2) is 73.8 Å². The van der Waals surface area contributed by atoms with Crippen LogP contribution in [0.1, 0.15) is 19.8 Å². The van der Waals surface area contributed by atoms with Crippen molar-refractivity contribution in [1.29, 1.82) is 0 Å². The van der Waals surface area contributed by atoms with Crippen LogP contribution in [0, 0.1) is 0 Å². The van der Waals surface area contributed by atoms with Crippen molar-refractivity contribution in [2.45, 2.75) is 25.4 Å². The van der Waals surface area contributed by atoms with E-state index in [9.17, 15) is 0 Å². The van der Waals surface area contributed by atoms with Gasteiger partial charge in [-0.1, -0.05) is 48.6 Å². The molecule has 0 aliphatic rings. The minimum Gasteiger partial charge on any atom is -0.497 e. The smallest absolute Gasteiger partial charge is 0.193 e. The average molecular weight is 339 g/mol. The molecule has 0 bridgehead atoms. The lowest BCUT2D eigenvalue weighted by atomic mass is 9.99. The van der Waals surface area contributed by atoms with E-state index in [-0.39, 0.29) is 5.60 Å². The normalized spacial score (nSPS) is 11.6. The number of methoxy groups -OCH3 is 1. The lowest BCUT2D eigenvalue weighted by molar-refractivity contribution is 0.104. The second-order valence-corrected chi connectivity index (χ2v) is 7.54. The quantitative estimate of drug-likeness (QED) is 0.508. The molecule has 0 aliphatic carbocycles. The fourth-order valence-corrected chi connectivity index (χ4v) is 3.83. The lowest BCUT2D eigenvalue weighted by Gasteiger charge is -2.28. The van der Waals surface area contributed by atoms with Crippen molar-refractivity contribution in [3.05, 3.63) is 73.8 Å². The average Bonchev–Trinajstić information content (AvgIpc) is 2.61. The summed E-state index contributed by atoms with van der Waals surface area (Å²) in [5.74, 6) is 0.875. The Balaban J connectivity index is 2.03. The second-order valence-electron chi connectivity index (χ2n) is 6.15. The first kappa shape index (κ1) is 18.2. The molecule has 0 unspecified atom stereocenters. The highest BCUT2D eigenvalue weighted by atomic mass is 28.2.